The summed E-state index contributed by atoms with van der Waals surface area (Å²) in [5, 5.41) is 2.80. The van der Waals surface area contributed by atoms with Gasteiger partial charge in [0.05, 0.1) is 12.0 Å². The topological polar surface area (TPSA) is 71.8 Å². The van der Waals surface area contributed by atoms with Crippen molar-refractivity contribution in [3.63, 3.8) is 0 Å². The molecule has 1 N–H and O–H groups in total. The number of hydrogen-bond donors (Lipinski definition) is 1. The molecule has 0 radical (unpaired) electrons. The third kappa shape index (κ3) is 3.36. The van der Waals surface area contributed by atoms with Crippen LogP contribution in [0, 0.1) is 0 Å². The van der Waals surface area contributed by atoms with Crippen LogP contribution in [0.15, 0.2) is 47.1 Å². The zero-order valence-electron chi connectivity index (χ0n) is 12.8. The van der Waals surface area contributed by atoms with E-state index in [-0.39, 0.29) is 18.4 Å². The predicted molar refractivity (Wildman–Crippen MR) is 84.3 cm³/mol. The third-order valence-corrected chi connectivity index (χ3v) is 3.65. The molecule has 2 amide bonds. The number of furan rings is 1. The molecule has 0 saturated carbocycles. The lowest BCUT2D eigenvalue weighted by Crippen LogP contribution is -2.49. The Balaban J connectivity index is 1.62. The molecule has 1 aliphatic heterocycles. The molecule has 1 aromatic carbocycles. The molecule has 120 valence electrons. The van der Waals surface area contributed by atoms with Crippen molar-refractivity contribution in [2.45, 2.75) is 19.4 Å². The number of nitrogens with one attached hydrogen (secondary N) is 1. The van der Waals surface area contributed by atoms with Crippen molar-refractivity contribution in [3.8, 4) is 5.75 Å². The fourth-order valence-corrected chi connectivity index (χ4v) is 2.50. The van der Waals surface area contributed by atoms with Gasteiger partial charge in [-0.15, -0.1) is 0 Å². The number of nitrogens with zero attached hydrogens (tertiary/aromatic N) is 1. The van der Waals surface area contributed by atoms with Crippen LogP contribution >= 0.6 is 0 Å². The summed E-state index contributed by atoms with van der Waals surface area (Å²) in [6.07, 6.45) is 1.62. The zero-order chi connectivity index (χ0) is 16.2. The SMILES string of the molecule is CC1Oc2ccccc2N(CC(=O)NCCc2ccco2)C1=O. The zero-order valence-corrected chi connectivity index (χ0v) is 12.8. The predicted octanol–water partition coefficient (Wildman–Crippen LogP) is 1.75. The number of carbonyl (C=O) groups is 2. The molecule has 3 rings (SSSR count). The molecule has 0 spiro atoms. The highest BCUT2D eigenvalue weighted by Crippen LogP contribution is 2.33. The molecule has 0 bridgehead atoms. The maximum atomic E-state index is 12.3. The van der Waals surface area contributed by atoms with Gasteiger partial charge in [-0.1, -0.05) is 12.1 Å². The highest BCUT2D eigenvalue weighted by atomic mass is 16.5. The van der Waals surface area contributed by atoms with Crippen LogP contribution in [0.1, 0.15) is 12.7 Å². The normalized spacial score (nSPS) is 16.7. The van der Waals surface area contributed by atoms with Crippen molar-refractivity contribution in [1.82, 2.24) is 5.32 Å². The summed E-state index contributed by atoms with van der Waals surface area (Å²) in [6.45, 7) is 2.11. The number of ether oxygens (including phenoxy) is 1. The van der Waals surface area contributed by atoms with Crippen molar-refractivity contribution in [2.24, 2.45) is 0 Å². The van der Waals surface area contributed by atoms with E-state index in [2.05, 4.69) is 5.32 Å². The number of benzene rings is 1. The van der Waals surface area contributed by atoms with Crippen molar-refractivity contribution < 1.29 is 18.7 Å². The summed E-state index contributed by atoms with van der Waals surface area (Å²) in [6, 6.07) is 10.9. The molecule has 2 heterocycles. The van der Waals surface area contributed by atoms with Gasteiger partial charge in [0.2, 0.25) is 5.91 Å². The molecule has 6 heteroatoms. The number of anilines is 1. The fourth-order valence-electron chi connectivity index (χ4n) is 2.50. The van der Waals surface area contributed by atoms with E-state index in [1.165, 1.54) is 4.90 Å². The Labute approximate surface area is 134 Å². The lowest BCUT2D eigenvalue weighted by Gasteiger charge is -2.32. The molecular formula is C17H18N2O4. The average Bonchev–Trinajstić information content (AvgIpc) is 3.05. The summed E-state index contributed by atoms with van der Waals surface area (Å²) in [4.78, 5) is 25.9. The second kappa shape index (κ2) is 6.56. The third-order valence-electron chi connectivity index (χ3n) is 3.65. The van der Waals surface area contributed by atoms with Gasteiger partial charge in [-0.2, -0.15) is 0 Å². The van der Waals surface area contributed by atoms with E-state index in [1.807, 2.05) is 24.3 Å². The van der Waals surface area contributed by atoms with Crippen LogP contribution in [0.5, 0.6) is 5.75 Å². The smallest absolute Gasteiger partial charge is 0.268 e. The first-order valence-corrected chi connectivity index (χ1v) is 7.51. The van der Waals surface area contributed by atoms with Crippen molar-refractivity contribution in [2.75, 3.05) is 18.0 Å². The molecule has 1 aromatic heterocycles. The monoisotopic (exact) mass is 314 g/mol. The van der Waals surface area contributed by atoms with Gasteiger partial charge < -0.3 is 14.5 Å². The summed E-state index contributed by atoms with van der Waals surface area (Å²) >= 11 is 0. The van der Waals surface area contributed by atoms with Crippen molar-refractivity contribution in [3.05, 3.63) is 48.4 Å². The minimum absolute atomic E-state index is 0.0261. The van der Waals surface area contributed by atoms with E-state index in [4.69, 9.17) is 9.15 Å². The van der Waals surface area contributed by atoms with E-state index < -0.39 is 6.10 Å². The average molecular weight is 314 g/mol. The molecule has 1 aliphatic rings. The van der Waals surface area contributed by atoms with Crippen LogP contribution in [0.4, 0.5) is 5.69 Å². The summed E-state index contributed by atoms with van der Waals surface area (Å²) < 4.78 is 10.8. The standard InChI is InChI=1S/C17H18N2O4/c1-12-17(21)19(14-6-2-3-7-15(14)23-12)11-16(20)18-9-8-13-5-4-10-22-13/h2-7,10,12H,8-9,11H2,1H3,(H,18,20). The Morgan fingerprint density at radius 1 is 1.26 bits per heavy atom. The van der Waals surface area contributed by atoms with E-state index in [0.29, 0.717) is 24.4 Å². The largest absolute Gasteiger partial charge is 0.479 e. The molecule has 0 aliphatic carbocycles. The molecule has 23 heavy (non-hydrogen) atoms. The van der Waals surface area contributed by atoms with Crippen molar-refractivity contribution >= 4 is 17.5 Å². The van der Waals surface area contributed by atoms with Crippen LogP contribution in [0.25, 0.3) is 0 Å². The molecule has 0 fully saturated rings. The van der Waals surface area contributed by atoms with Gasteiger partial charge in [-0.25, -0.2) is 0 Å². The minimum atomic E-state index is -0.596. The molecular weight excluding hydrogens is 296 g/mol. The maximum absolute atomic E-state index is 12.3. The number of carbonyl (C=O) groups excluding carboxylic acids is 2. The lowest BCUT2D eigenvalue weighted by molar-refractivity contribution is -0.128. The van der Waals surface area contributed by atoms with E-state index >= 15 is 0 Å². The van der Waals surface area contributed by atoms with E-state index in [0.717, 1.165) is 5.76 Å². The Hall–Kier alpha value is -2.76. The second-order valence-corrected chi connectivity index (χ2v) is 5.33. The molecule has 2 aromatic rings. The summed E-state index contributed by atoms with van der Waals surface area (Å²) in [5.41, 5.74) is 0.622. The van der Waals surface area contributed by atoms with Gasteiger partial charge in [0, 0.05) is 13.0 Å². The maximum Gasteiger partial charge on any atom is 0.268 e. The van der Waals surface area contributed by atoms with Gasteiger partial charge in [-0.05, 0) is 31.2 Å². The fraction of sp³-hybridized carbons (Fsp3) is 0.294. The van der Waals surface area contributed by atoms with E-state index in [1.54, 1.807) is 25.3 Å². The highest BCUT2D eigenvalue weighted by molar-refractivity contribution is 6.03. The Bertz CT molecular complexity index is 696. The van der Waals surface area contributed by atoms with Gasteiger partial charge in [0.1, 0.15) is 18.1 Å². The lowest BCUT2D eigenvalue weighted by atomic mass is 10.2. The van der Waals surface area contributed by atoms with Crippen LogP contribution in [-0.4, -0.2) is 31.0 Å². The van der Waals surface area contributed by atoms with E-state index in [9.17, 15) is 9.59 Å². The Morgan fingerprint density at radius 2 is 2.09 bits per heavy atom. The summed E-state index contributed by atoms with van der Waals surface area (Å²) in [7, 11) is 0. The first kappa shape index (κ1) is 15.1. The van der Waals surface area contributed by atoms with Crippen LogP contribution < -0.4 is 15.0 Å². The number of rotatable bonds is 5. The molecule has 6 nitrogen and oxygen atoms in total. The molecule has 1 unspecified atom stereocenters. The molecule has 1 atom stereocenters. The first-order valence-electron chi connectivity index (χ1n) is 7.51. The van der Waals surface area contributed by atoms with Gasteiger partial charge in [-0.3, -0.25) is 14.5 Å². The number of para-hydroxylation sites is 2. The number of amides is 2. The second-order valence-electron chi connectivity index (χ2n) is 5.33. The van der Waals surface area contributed by atoms with Crippen LogP contribution in [-0.2, 0) is 16.0 Å². The minimum Gasteiger partial charge on any atom is -0.479 e. The Kier molecular flexibility index (Phi) is 4.32. The highest BCUT2D eigenvalue weighted by Gasteiger charge is 2.32. The van der Waals surface area contributed by atoms with Gasteiger partial charge >= 0.3 is 0 Å². The summed E-state index contributed by atoms with van der Waals surface area (Å²) in [5.74, 6) is 0.994. The van der Waals surface area contributed by atoms with Crippen molar-refractivity contribution in [1.29, 1.82) is 0 Å². The number of fused-ring (bicyclic) bond motifs is 1. The van der Waals surface area contributed by atoms with Gasteiger partial charge in [0.15, 0.2) is 6.10 Å². The Morgan fingerprint density at radius 3 is 2.87 bits per heavy atom. The first-order chi connectivity index (χ1) is 11.1. The van der Waals surface area contributed by atoms with Crippen LogP contribution in [0.3, 0.4) is 0 Å². The van der Waals surface area contributed by atoms with Gasteiger partial charge in [0.25, 0.3) is 5.91 Å². The van der Waals surface area contributed by atoms with Crippen LogP contribution in [0.2, 0.25) is 0 Å². The molecule has 0 saturated heterocycles. The number of hydrogen-bond acceptors (Lipinski definition) is 4. The quantitative estimate of drug-likeness (QED) is 0.912.